The molecule has 2 rings (SSSR count). The number of nitrogens with zero attached hydrogens (tertiary/aromatic N) is 2. The third-order valence-electron chi connectivity index (χ3n) is 3.45. The minimum Gasteiger partial charge on any atom is -0.383 e. The average molecular weight is 349 g/mol. The zero-order valence-electron chi connectivity index (χ0n) is 14.7. The standard InChI is InChI=1S/C18H25ClN4O/c1-18(2,3)16-13(11-20-8-9-24-4)12-21-17(23-16)22-15-7-5-6-14(19)10-15/h5-7,10,12,20H,8-9,11H2,1-4H3,(H,21,22,23). The van der Waals surface area contributed by atoms with Gasteiger partial charge in [-0.15, -0.1) is 0 Å². The van der Waals surface area contributed by atoms with Crippen LogP contribution in [0.5, 0.6) is 0 Å². The number of rotatable bonds is 7. The Hall–Kier alpha value is -1.69. The van der Waals surface area contributed by atoms with Crippen molar-refractivity contribution in [2.75, 3.05) is 25.6 Å². The highest BCUT2D eigenvalue weighted by Gasteiger charge is 2.21. The molecule has 0 saturated heterocycles. The van der Waals surface area contributed by atoms with E-state index in [4.69, 9.17) is 21.3 Å². The molecule has 0 amide bonds. The number of hydrogen-bond donors (Lipinski definition) is 2. The van der Waals surface area contributed by atoms with E-state index >= 15 is 0 Å². The first-order valence-electron chi connectivity index (χ1n) is 7.99. The SMILES string of the molecule is COCCNCc1cnc(Nc2cccc(Cl)c2)nc1C(C)(C)C. The first kappa shape index (κ1) is 18.6. The van der Waals surface area contributed by atoms with Crippen LogP contribution in [-0.2, 0) is 16.7 Å². The van der Waals surface area contributed by atoms with Gasteiger partial charge in [-0.3, -0.25) is 0 Å². The number of nitrogens with one attached hydrogen (secondary N) is 2. The highest BCUT2D eigenvalue weighted by molar-refractivity contribution is 6.30. The predicted molar refractivity (Wildman–Crippen MR) is 99.0 cm³/mol. The van der Waals surface area contributed by atoms with Gasteiger partial charge in [0.2, 0.25) is 5.95 Å². The van der Waals surface area contributed by atoms with E-state index in [1.807, 2.05) is 30.5 Å². The number of halogens is 1. The molecule has 0 bridgehead atoms. The van der Waals surface area contributed by atoms with Crippen molar-refractivity contribution in [1.29, 1.82) is 0 Å². The lowest BCUT2D eigenvalue weighted by Gasteiger charge is -2.22. The van der Waals surface area contributed by atoms with E-state index in [0.717, 1.165) is 23.5 Å². The Kier molecular flexibility index (Phi) is 6.54. The van der Waals surface area contributed by atoms with E-state index in [9.17, 15) is 0 Å². The van der Waals surface area contributed by atoms with Gasteiger partial charge in [0.15, 0.2) is 0 Å². The molecule has 0 aliphatic rings. The molecule has 1 aromatic heterocycles. The normalized spacial score (nSPS) is 11.5. The number of aromatic nitrogens is 2. The maximum Gasteiger partial charge on any atom is 0.227 e. The Morgan fingerprint density at radius 2 is 2.04 bits per heavy atom. The summed E-state index contributed by atoms with van der Waals surface area (Å²) < 4.78 is 5.06. The monoisotopic (exact) mass is 348 g/mol. The van der Waals surface area contributed by atoms with E-state index in [2.05, 4.69) is 36.4 Å². The molecule has 2 N–H and O–H groups in total. The lowest BCUT2D eigenvalue weighted by Crippen LogP contribution is -2.24. The zero-order valence-corrected chi connectivity index (χ0v) is 15.4. The van der Waals surface area contributed by atoms with Gasteiger partial charge in [0.1, 0.15) is 0 Å². The second-order valence-corrected chi connectivity index (χ2v) is 7.06. The second-order valence-electron chi connectivity index (χ2n) is 6.62. The van der Waals surface area contributed by atoms with Gasteiger partial charge in [-0.2, -0.15) is 0 Å². The summed E-state index contributed by atoms with van der Waals surface area (Å²) in [6.45, 7) is 8.64. The molecule has 0 saturated carbocycles. The molecule has 130 valence electrons. The van der Waals surface area contributed by atoms with E-state index in [1.165, 1.54) is 0 Å². The maximum absolute atomic E-state index is 6.02. The van der Waals surface area contributed by atoms with Gasteiger partial charge in [-0.1, -0.05) is 38.4 Å². The fourth-order valence-corrected chi connectivity index (χ4v) is 2.53. The number of hydrogen-bond acceptors (Lipinski definition) is 5. The minimum atomic E-state index is -0.0774. The van der Waals surface area contributed by atoms with E-state index < -0.39 is 0 Å². The number of ether oxygens (including phenoxy) is 1. The Labute approximate surface area is 148 Å². The van der Waals surface area contributed by atoms with Crippen molar-refractivity contribution in [3.63, 3.8) is 0 Å². The van der Waals surface area contributed by atoms with Gasteiger partial charge in [-0.25, -0.2) is 9.97 Å². The first-order valence-corrected chi connectivity index (χ1v) is 8.36. The molecule has 0 aliphatic heterocycles. The number of benzene rings is 1. The highest BCUT2D eigenvalue weighted by atomic mass is 35.5. The summed E-state index contributed by atoms with van der Waals surface area (Å²) in [5.74, 6) is 0.572. The van der Waals surface area contributed by atoms with Crippen LogP contribution in [-0.4, -0.2) is 30.2 Å². The fraction of sp³-hybridized carbons (Fsp3) is 0.444. The Bertz CT molecular complexity index is 670. The molecule has 0 atom stereocenters. The smallest absolute Gasteiger partial charge is 0.227 e. The molecule has 0 aliphatic carbocycles. The number of anilines is 2. The van der Waals surface area contributed by atoms with Crippen molar-refractivity contribution < 1.29 is 4.74 Å². The lowest BCUT2D eigenvalue weighted by atomic mass is 9.89. The van der Waals surface area contributed by atoms with Crippen molar-refractivity contribution in [1.82, 2.24) is 15.3 Å². The Balaban J connectivity index is 2.19. The minimum absolute atomic E-state index is 0.0774. The molecule has 1 heterocycles. The molecule has 0 radical (unpaired) electrons. The molecule has 1 aromatic carbocycles. The van der Waals surface area contributed by atoms with Gasteiger partial charge in [0.25, 0.3) is 0 Å². The Morgan fingerprint density at radius 3 is 2.71 bits per heavy atom. The topological polar surface area (TPSA) is 59.1 Å². The van der Waals surface area contributed by atoms with E-state index in [-0.39, 0.29) is 5.41 Å². The van der Waals surface area contributed by atoms with Gasteiger partial charge >= 0.3 is 0 Å². The van der Waals surface area contributed by atoms with Crippen molar-refractivity contribution in [2.24, 2.45) is 0 Å². The van der Waals surface area contributed by atoms with Crippen LogP contribution in [0.15, 0.2) is 30.5 Å². The van der Waals surface area contributed by atoms with Crippen molar-refractivity contribution in [3.05, 3.63) is 46.7 Å². The fourth-order valence-electron chi connectivity index (χ4n) is 2.34. The summed E-state index contributed by atoms with van der Waals surface area (Å²) in [4.78, 5) is 9.17. The second kappa shape index (κ2) is 8.42. The van der Waals surface area contributed by atoms with Gasteiger partial charge < -0.3 is 15.4 Å². The molecular weight excluding hydrogens is 324 g/mol. The van der Waals surface area contributed by atoms with Crippen molar-refractivity contribution in [2.45, 2.75) is 32.7 Å². The quantitative estimate of drug-likeness (QED) is 0.743. The van der Waals surface area contributed by atoms with Crippen LogP contribution in [0.2, 0.25) is 5.02 Å². The third-order valence-corrected chi connectivity index (χ3v) is 3.69. The summed E-state index contributed by atoms with van der Waals surface area (Å²) >= 11 is 6.02. The van der Waals surface area contributed by atoms with Crippen molar-refractivity contribution >= 4 is 23.2 Å². The van der Waals surface area contributed by atoms with Crippen LogP contribution < -0.4 is 10.6 Å². The average Bonchev–Trinajstić information content (AvgIpc) is 2.51. The van der Waals surface area contributed by atoms with E-state index in [1.54, 1.807) is 7.11 Å². The Morgan fingerprint density at radius 1 is 1.25 bits per heavy atom. The molecule has 0 spiro atoms. The highest BCUT2D eigenvalue weighted by Crippen LogP contribution is 2.26. The molecule has 6 heteroatoms. The molecule has 0 fully saturated rings. The molecule has 2 aromatic rings. The summed E-state index contributed by atoms with van der Waals surface area (Å²) in [6.07, 6.45) is 1.88. The maximum atomic E-state index is 6.02. The zero-order chi connectivity index (χ0) is 17.6. The summed E-state index contributed by atoms with van der Waals surface area (Å²) in [5.41, 5.74) is 2.90. The van der Waals surface area contributed by atoms with Crippen LogP contribution in [0.25, 0.3) is 0 Å². The van der Waals surface area contributed by atoms with Crippen LogP contribution >= 0.6 is 11.6 Å². The lowest BCUT2D eigenvalue weighted by molar-refractivity contribution is 0.199. The molecular formula is C18H25ClN4O. The first-order chi connectivity index (χ1) is 11.4. The summed E-state index contributed by atoms with van der Waals surface area (Å²) in [5, 5.41) is 7.24. The molecule has 5 nitrogen and oxygen atoms in total. The van der Waals surface area contributed by atoms with Gasteiger partial charge in [0, 0.05) is 48.1 Å². The van der Waals surface area contributed by atoms with Crippen molar-refractivity contribution in [3.8, 4) is 0 Å². The third kappa shape index (κ3) is 5.44. The molecule has 0 unspecified atom stereocenters. The summed E-state index contributed by atoms with van der Waals surface area (Å²) in [7, 11) is 1.70. The van der Waals surface area contributed by atoms with Gasteiger partial charge in [-0.05, 0) is 18.2 Å². The predicted octanol–water partition coefficient (Wildman–Crippen LogP) is 3.91. The van der Waals surface area contributed by atoms with Crippen LogP contribution in [0.1, 0.15) is 32.0 Å². The summed E-state index contributed by atoms with van der Waals surface area (Å²) in [6, 6.07) is 7.51. The largest absolute Gasteiger partial charge is 0.383 e. The van der Waals surface area contributed by atoms with Gasteiger partial charge in [0.05, 0.1) is 12.3 Å². The van der Waals surface area contributed by atoms with Crippen LogP contribution in [0.4, 0.5) is 11.6 Å². The number of methoxy groups -OCH3 is 1. The van der Waals surface area contributed by atoms with E-state index in [0.29, 0.717) is 24.1 Å². The van der Waals surface area contributed by atoms with Crippen LogP contribution in [0, 0.1) is 0 Å². The van der Waals surface area contributed by atoms with Crippen LogP contribution in [0.3, 0.4) is 0 Å². The molecule has 24 heavy (non-hydrogen) atoms.